The first-order chi connectivity index (χ1) is 8.54. The van der Waals surface area contributed by atoms with Crippen molar-refractivity contribution in [1.82, 2.24) is 0 Å². The van der Waals surface area contributed by atoms with Gasteiger partial charge in [-0.15, -0.1) is 0 Å². The van der Waals surface area contributed by atoms with Crippen LogP contribution in [0.3, 0.4) is 0 Å². The van der Waals surface area contributed by atoms with E-state index in [4.69, 9.17) is 10.8 Å². The molecule has 0 aliphatic rings. The average Bonchev–Trinajstić information content (AvgIpc) is 2.34. The minimum absolute atomic E-state index is 0.0115. The highest BCUT2D eigenvalue weighted by Crippen LogP contribution is 2.15. The van der Waals surface area contributed by atoms with Crippen molar-refractivity contribution in [2.45, 2.75) is 13.3 Å². The van der Waals surface area contributed by atoms with E-state index in [0.29, 0.717) is 25.2 Å². The zero-order valence-electron chi connectivity index (χ0n) is 10.4. The molecule has 1 aromatic carbocycles. The fraction of sp³-hybridized carbons (Fsp3) is 0.385. The Morgan fingerprint density at radius 1 is 1.22 bits per heavy atom. The van der Waals surface area contributed by atoms with Gasteiger partial charge in [0.15, 0.2) is 5.78 Å². The van der Waals surface area contributed by atoms with Gasteiger partial charge in [-0.3, -0.25) is 9.59 Å². The van der Waals surface area contributed by atoms with E-state index in [0.717, 1.165) is 5.69 Å². The highest BCUT2D eigenvalue weighted by Gasteiger charge is 2.08. The number of anilines is 1. The number of hydrogen-bond acceptors (Lipinski definition) is 4. The van der Waals surface area contributed by atoms with Crippen molar-refractivity contribution in [3.63, 3.8) is 0 Å². The van der Waals surface area contributed by atoms with Gasteiger partial charge in [-0.1, -0.05) is 0 Å². The number of carbonyl (C=O) groups is 2. The van der Waals surface area contributed by atoms with Gasteiger partial charge in [-0.05, 0) is 31.2 Å². The van der Waals surface area contributed by atoms with Gasteiger partial charge >= 0.3 is 5.97 Å². The second kappa shape index (κ2) is 6.76. The third kappa shape index (κ3) is 4.18. The van der Waals surface area contributed by atoms with Crippen LogP contribution in [0.25, 0.3) is 0 Å². The number of carboxylic acids is 1. The lowest BCUT2D eigenvalue weighted by Crippen LogP contribution is -2.31. The van der Waals surface area contributed by atoms with Crippen LogP contribution in [0.2, 0.25) is 0 Å². The first-order valence-corrected chi connectivity index (χ1v) is 5.82. The van der Waals surface area contributed by atoms with Crippen LogP contribution in [0.5, 0.6) is 0 Å². The summed E-state index contributed by atoms with van der Waals surface area (Å²) in [6.45, 7) is 2.96. The Bertz CT molecular complexity index is 415. The smallest absolute Gasteiger partial charge is 0.305 e. The summed E-state index contributed by atoms with van der Waals surface area (Å²) in [5.74, 6) is -0.824. The predicted octanol–water partition coefficient (Wildman–Crippen LogP) is 1.13. The zero-order valence-corrected chi connectivity index (χ0v) is 10.4. The molecule has 1 aromatic rings. The summed E-state index contributed by atoms with van der Waals surface area (Å²) in [5, 5.41) is 8.69. The van der Waals surface area contributed by atoms with E-state index in [1.807, 2.05) is 17.0 Å². The number of rotatable bonds is 7. The maximum atomic E-state index is 11.2. The summed E-state index contributed by atoms with van der Waals surface area (Å²) in [7, 11) is 0. The van der Waals surface area contributed by atoms with Gasteiger partial charge in [0.05, 0.1) is 6.42 Å². The number of nitrogens with zero attached hydrogens (tertiary/aromatic N) is 1. The topological polar surface area (TPSA) is 83.6 Å². The molecule has 0 saturated heterocycles. The Balaban J connectivity index is 2.78. The second-order valence-electron chi connectivity index (χ2n) is 4.02. The van der Waals surface area contributed by atoms with Gasteiger partial charge in [-0.25, -0.2) is 0 Å². The molecule has 0 aromatic heterocycles. The summed E-state index contributed by atoms with van der Waals surface area (Å²) in [6, 6.07) is 7.10. The summed E-state index contributed by atoms with van der Waals surface area (Å²) >= 11 is 0. The first-order valence-electron chi connectivity index (χ1n) is 5.82. The quantitative estimate of drug-likeness (QED) is 0.709. The van der Waals surface area contributed by atoms with Crippen molar-refractivity contribution in [3.8, 4) is 0 Å². The predicted molar refractivity (Wildman–Crippen MR) is 70.0 cm³/mol. The van der Waals surface area contributed by atoms with Crippen molar-refractivity contribution in [3.05, 3.63) is 29.8 Å². The van der Waals surface area contributed by atoms with Crippen LogP contribution in [-0.4, -0.2) is 36.5 Å². The molecule has 0 saturated carbocycles. The molecule has 18 heavy (non-hydrogen) atoms. The lowest BCUT2D eigenvalue weighted by Gasteiger charge is -2.23. The minimum Gasteiger partial charge on any atom is -0.481 e. The third-order valence-corrected chi connectivity index (χ3v) is 2.63. The maximum absolute atomic E-state index is 11.2. The fourth-order valence-corrected chi connectivity index (χ4v) is 1.66. The van der Waals surface area contributed by atoms with E-state index >= 15 is 0 Å². The third-order valence-electron chi connectivity index (χ3n) is 2.63. The SMILES string of the molecule is CC(=O)c1ccc(N(CCN)CCC(=O)O)cc1. The largest absolute Gasteiger partial charge is 0.481 e. The Kier molecular flexibility index (Phi) is 5.32. The van der Waals surface area contributed by atoms with Gasteiger partial charge in [0.1, 0.15) is 0 Å². The average molecular weight is 250 g/mol. The summed E-state index contributed by atoms with van der Waals surface area (Å²) < 4.78 is 0. The van der Waals surface area contributed by atoms with Gasteiger partial charge in [0, 0.05) is 30.9 Å². The molecule has 0 atom stereocenters. The van der Waals surface area contributed by atoms with E-state index in [1.54, 1.807) is 12.1 Å². The Labute approximate surface area is 106 Å². The Morgan fingerprint density at radius 3 is 2.28 bits per heavy atom. The molecule has 1 rings (SSSR count). The molecule has 0 spiro atoms. The standard InChI is InChI=1S/C13H18N2O3/c1-10(16)11-2-4-12(5-3-11)15(9-7-14)8-6-13(17)18/h2-5H,6-9,14H2,1H3,(H,17,18). The summed E-state index contributed by atoms with van der Waals surface area (Å²) in [6.07, 6.45) is 0.0639. The monoisotopic (exact) mass is 250 g/mol. The molecule has 3 N–H and O–H groups in total. The number of carbonyl (C=O) groups excluding carboxylic acids is 1. The maximum Gasteiger partial charge on any atom is 0.305 e. The number of carboxylic acid groups (broad SMARTS) is 1. The Hall–Kier alpha value is -1.88. The highest BCUT2D eigenvalue weighted by molar-refractivity contribution is 5.94. The van der Waals surface area contributed by atoms with Crippen LogP contribution >= 0.6 is 0 Å². The molecular formula is C13H18N2O3. The lowest BCUT2D eigenvalue weighted by molar-refractivity contribution is -0.136. The van der Waals surface area contributed by atoms with Crippen LogP contribution in [0.15, 0.2) is 24.3 Å². The number of nitrogens with two attached hydrogens (primary N) is 1. The summed E-state index contributed by atoms with van der Waals surface area (Å²) in [5.41, 5.74) is 7.03. The molecule has 0 heterocycles. The molecule has 0 bridgehead atoms. The minimum atomic E-state index is -0.836. The molecule has 0 radical (unpaired) electrons. The molecule has 5 heteroatoms. The van der Waals surface area contributed by atoms with E-state index in [9.17, 15) is 9.59 Å². The van der Waals surface area contributed by atoms with E-state index < -0.39 is 5.97 Å². The van der Waals surface area contributed by atoms with E-state index in [2.05, 4.69) is 0 Å². The van der Waals surface area contributed by atoms with Crippen molar-refractivity contribution in [2.24, 2.45) is 5.73 Å². The van der Waals surface area contributed by atoms with Gasteiger partial charge < -0.3 is 15.7 Å². The van der Waals surface area contributed by atoms with Crippen molar-refractivity contribution >= 4 is 17.4 Å². The van der Waals surface area contributed by atoms with E-state index in [-0.39, 0.29) is 12.2 Å². The van der Waals surface area contributed by atoms with E-state index in [1.165, 1.54) is 6.92 Å². The molecular weight excluding hydrogens is 232 g/mol. The molecule has 0 aliphatic heterocycles. The second-order valence-corrected chi connectivity index (χ2v) is 4.02. The summed E-state index contributed by atoms with van der Waals surface area (Å²) in [4.78, 5) is 23.6. The molecule has 0 fully saturated rings. The Morgan fingerprint density at radius 2 is 1.83 bits per heavy atom. The van der Waals surface area contributed by atoms with Crippen LogP contribution in [0.1, 0.15) is 23.7 Å². The molecule has 0 aliphatic carbocycles. The zero-order chi connectivity index (χ0) is 13.5. The number of ketones is 1. The normalized spacial score (nSPS) is 10.1. The van der Waals surface area contributed by atoms with Crippen molar-refractivity contribution < 1.29 is 14.7 Å². The van der Waals surface area contributed by atoms with Crippen LogP contribution in [0, 0.1) is 0 Å². The van der Waals surface area contributed by atoms with Gasteiger partial charge in [-0.2, -0.15) is 0 Å². The van der Waals surface area contributed by atoms with Crippen molar-refractivity contribution in [1.29, 1.82) is 0 Å². The van der Waals surface area contributed by atoms with Crippen LogP contribution in [-0.2, 0) is 4.79 Å². The van der Waals surface area contributed by atoms with Crippen LogP contribution in [0.4, 0.5) is 5.69 Å². The number of benzene rings is 1. The number of hydrogen-bond donors (Lipinski definition) is 2. The molecule has 0 unspecified atom stereocenters. The number of aliphatic carboxylic acids is 1. The first kappa shape index (κ1) is 14.2. The van der Waals surface area contributed by atoms with Crippen molar-refractivity contribution in [2.75, 3.05) is 24.5 Å². The van der Waals surface area contributed by atoms with Gasteiger partial charge in [0.25, 0.3) is 0 Å². The molecule has 5 nitrogen and oxygen atoms in total. The molecule has 0 amide bonds. The highest BCUT2D eigenvalue weighted by atomic mass is 16.4. The fourth-order valence-electron chi connectivity index (χ4n) is 1.66. The lowest BCUT2D eigenvalue weighted by atomic mass is 10.1. The van der Waals surface area contributed by atoms with Gasteiger partial charge in [0.2, 0.25) is 0 Å². The number of Topliss-reactive ketones (excluding diaryl/α,β-unsaturated/α-hetero) is 1. The molecule has 98 valence electrons. The van der Waals surface area contributed by atoms with Crippen LogP contribution < -0.4 is 10.6 Å².